The Labute approximate surface area is 167 Å². The van der Waals surface area contributed by atoms with Crippen LogP contribution < -0.4 is 5.32 Å². The molecule has 28 heavy (non-hydrogen) atoms. The number of amides is 1. The van der Waals surface area contributed by atoms with Crippen LogP contribution in [-0.4, -0.2) is 29.2 Å². The van der Waals surface area contributed by atoms with Crippen molar-refractivity contribution in [3.05, 3.63) is 63.7 Å². The first-order valence-electron chi connectivity index (χ1n) is 8.70. The van der Waals surface area contributed by atoms with E-state index in [0.29, 0.717) is 4.90 Å². The van der Waals surface area contributed by atoms with Crippen molar-refractivity contribution < 1.29 is 19.2 Å². The average Bonchev–Trinajstić information content (AvgIpc) is 2.66. The van der Waals surface area contributed by atoms with Gasteiger partial charge in [0.15, 0.2) is 6.61 Å². The number of anilines is 1. The maximum absolute atomic E-state index is 12.2. The van der Waals surface area contributed by atoms with Crippen LogP contribution in [-0.2, 0) is 14.3 Å². The summed E-state index contributed by atoms with van der Waals surface area (Å²) in [6.07, 6.45) is 0. The first-order valence-corrected chi connectivity index (χ1v) is 9.69. The van der Waals surface area contributed by atoms with Crippen LogP contribution in [0.4, 0.5) is 11.4 Å². The fourth-order valence-corrected chi connectivity index (χ4v) is 3.39. The van der Waals surface area contributed by atoms with E-state index in [1.807, 2.05) is 39.0 Å². The van der Waals surface area contributed by atoms with Crippen molar-refractivity contribution in [2.24, 2.45) is 0 Å². The van der Waals surface area contributed by atoms with Gasteiger partial charge < -0.3 is 10.1 Å². The highest BCUT2D eigenvalue weighted by Gasteiger charge is 2.16. The highest BCUT2D eigenvalue weighted by atomic mass is 32.2. The van der Waals surface area contributed by atoms with Gasteiger partial charge in [0.25, 0.3) is 11.6 Å². The van der Waals surface area contributed by atoms with E-state index in [2.05, 4.69) is 5.32 Å². The monoisotopic (exact) mass is 402 g/mol. The summed E-state index contributed by atoms with van der Waals surface area (Å²) in [5.41, 5.74) is 2.59. The summed E-state index contributed by atoms with van der Waals surface area (Å²) in [6.45, 7) is 5.55. The molecule has 8 heteroatoms. The van der Waals surface area contributed by atoms with Crippen LogP contribution in [0.25, 0.3) is 0 Å². The molecule has 0 saturated heterocycles. The molecule has 0 aliphatic rings. The maximum Gasteiger partial charge on any atom is 0.316 e. The second kappa shape index (κ2) is 9.89. The molecule has 0 radical (unpaired) electrons. The zero-order chi connectivity index (χ0) is 20.7. The highest BCUT2D eigenvalue weighted by Crippen LogP contribution is 2.29. The van der Waals surface area contributed by atoms with Crippen LogP contribution in [0.15, 0.2) is 47.4 Å². The van der Waals surface area contributed by atoms with Crippen LogP contribution >= 0.6 is 11.8 Å². The zero-order valence-electron chi connectivity index (χ0n) is 15.9. The van der Waals surface area contributed by atoms with Crippen LogP contribution in [0.3, 0.4) is 0 Å². The number of nitro benzene ring substituents is 1. The summed E-state index contributed by atoms with van der Waals surface area (Å²) < 4.78 is 5.00. The Hall–Kier alpha value is -2.87. The van der Waals surface area contributed by atoms with E-state index >= 15 is 0 Å². The van der Waals surface area contributed by atoms with Gasteiger partial charge in [-0.3, -0.25) is 19.7 Å². The number of carbonyl (C=O) groups is 2. The third-order valence-corrected chi connectivity index (χ3v) is 5.00. The molecule has 148 valence electrons. The fraction of sp³-hybridized carbons (Fsp3) is 0.300. The molecule has 1 N–H and O–H groups in total. The average molecular weight is 402 g/mol. The van der Waals surface area contributed by atoms with Crippen LogP contribution in [0, 0.1) is 17.0 Å². The lowest BCUT2D eigenvalue weighted by Gasteiger charge is -2.16. The van der Waals surface area contributed by atoms with Gasteiger partial charge in [-0.1, -0.05) is 44.2 Å². The van der Waals surface area contributed by atoms with E-state index in [1.165, 1.54) is 6.07 Å². The lowest BCUT2D eigenvalue weighted by atomic mass is 9.98. The number of nitro groups is 1. The number of ether oxygens (including phenoxy) is 1. The molecule has 0 atom stereocenters. The molecule has 2 rings (SSSR count). The largest absolute Gasteiger partial charge is 0.455 e. The molecule has 0 fully saturated rings. The van der Waals surface area contributed by atoms with Crippen molar-refractivity contribution >= 4 is 35.0 Å². The van der Waals surface area contributed by atoms with Crippen molar-refractivity contribution in [3.63, 3.8) is 0 Å². The number of aryl methyl sites for hydroxylation is 1. The number of hydrogen-bond acceptors (Lipinski definition) is 6. The van der Waals surface area contributed by atoms with Gasteiger partial charge in [0.1, 0.15) is 0 Å². The molecular weight excluding hydrogens is 380 g/mol. The minimum Gasteiger partial charge on any atom is -0.455 e. The Morgan fingerprint density at radius 1 is 1.18 bits per heavy atom. The second-order valence-electron chi connectivity index (χ2n) is 6.42. The minimum absolute atomic E-state index is 0.0705. The number of para-hydroxylation sites is 2. The van der Waals surface area contributed by atoms with Gasteiger partial charge in [0.05, 0.1) is 15.6 Å². The number of rotatable bonds is 8. The molecule has 0 bridgehead atoms. The summed E-state index contributed by atoms with van der Waals surface area (Å²) in [5.74, 6) is -0.942. The van der Waals surface area contributed by atoms with Gasteiger partial charge in [-0.15, -0.1) is 11.8 Å². The van der Waals surface area contributed by atoms with Gasteiger partial charge in [0.2, 0.25) is 0 Å². The molecule has 0 spiro atoms. The predicted molar refractivity (Wildman–Crippen MR) is 109 cm³/mol. The number of thioether (sulfide) groups is 1. The Morgan fingerprint density at radius 3 is 2.57 bits per heavy atom. The smallest absolute Gasteiger partial charge is 0.316 e. The van der Waals surface area contributed by atoms with Crippen LogP contribution in [0.2, 0.25) is 0 Å². The van der Waals surface area contributed by atoms with E-state index in [9.17, 15) is 19.7 Å². The number of esters is 1. The van der Waals surface area contributed by atoms with E-state index in [-0.39, 0.29) is 17.4 Å². The number of nitrogens with zero attached hydrogens (tertiary/aromatic N) is 1. The fourth-order valence-electron chi connectivity index (χ4n) is 2.57. The maximum atomic E-state index is 12.2. The minimum atomic E-state index is -0.618. The number of benzene rings is 2. The van der Waals surface area contributed by atoms with Crippen LogP contribution in [0.5, 0.6) is 0 Å². The summed E-state index contributed by atoms with van der Waals surface area (Å²) >= 11 is 1.00. The van der Waals surface area contributed by atoms with Crippen molar-refractivity contribution in [3.8, 4) is 0 Å². The van der Waals surface area contributed by atoms with E-state index in [0.717, 1.165) is 28.6 Å². The van der Waals surface area contributed by atoms with Crippen molar-refractivity contribution in [2.45, 2.75) is 31.6 Å². The highest BCUT2D eigenvalue weighted by molar-refractivity contribution is 8.00. The molecule has 0 aliphatic carbocycles. The van der Waals surface area contributed by atoms with E-state index in [4.69, 9.17) is 4.74 Å². The molecule has 0 aromatic heterocycles. The Morgan fingerprint density at radius 2 is 1.89 bits per heavy atom. The lowest BCUT2D eigenvalue weighted by Crippen LogP contribution is -2.22. The molecule has 2 aromatic carbocycles. The molecule has 0 aliphatic heterocycles. The Kier molecular flexibility index (Phi) is 7.57. The van der Waals surface area contributed by atoms with Crippen molar-refractivity contribution in [1.82, 2.24) is 0 Å². The third kappa shape index (κ3) is 5.82. The summed E-state index contributed by atoms with van der Waals surface area (Å²) in [7, 11) is 0. The molecule has 0 saturated carbocycles. The van der Waals surface area contributed by atoms with Crippen LogP contribution in [0.1, 0.15) is 30.9 Å². The van der Waals surface area contributed by atoms with Gasteiger partial charge in [-0.05, 0) is 30.0 Å². The van der Waals surface area contributed by atoms with E-state index in [1.54, 1.807) is 18.2 Å². The standard InChI is InChI=1S/C20H22N2O5S/c1-13(2)15-8-6-7-14(3)20(15)21-18(23)11-27-19(24)12-28-17-10-5-4-9-16(17)22(25)26/h4-10,13H,11-12H2,1-3H3,(H,21,23). The number of hydrogen-bond donors (Lipinski definition) is 1. The topological polar surface area (TPSA) is 98.5 Å². The first-order chi connectivity index (χ1) is 13.3. The second-order valence-corrected chi connectivity index (χ2v) is 7.43. The van der Waals surface area contributed by atoms with Gasteiger partial charge in [0, 0.05) is 11.8 Å². The summed E-state index contributed by atoms with van der Waals surface area (Å²) in [4.78, 5) is 34.9. The van der Waals surface area contributed by atoms with Gasteiger partial charge >= 0.3 is 5.97 Å². The quantitative estimate of drug-likeness (QED) is 0.306. The molecule has 0 heterocycles. The van der Waals surface area contributed by atoms with Gasteiger partial charge in [-0.25, -0.2) is 0 Å². The van der Waals surface area contributed by atoms with Crippen molar-refractivity contribution in [1.29, 1.82) is 0 Å². The third-order valence-electron chi connectivity index (χ3n) is 3.96. The Bertz CT molecular complexity index is 883. The molecule has 2 aromatic rings. The number of nitrogens with one attached hydrogen (secondary N) is 1. The molecule has 1 amide bonds. The van der Waals surface area contributed by atoms with Gasteiger partial charge in [-0.2, -0.15) is 0 Å². The molecule has 0 unspecified atom stereocenters. The summed E-state index contributed by atoms with van der Waals surface area (Å²) in [6, 6.07) is 11.9. The van der Waals surface area contributed by atoms with Crippen molar-refractivity contribution in [2.75, 3.05) is 17.7 Å². The molecule has 7 nitrogen and oxygen atoms in total. The zero-order valence-corrected chi connectivity index (χ0v) is 16.7. The SMILES string of the molecule is Cc1cccc(C(C)C)c1NC(=O)COC(=O)CSc1ccccc1[N+](=O)[O-]. The normalized spacial score (nSPS) is 10.6. The Balaban J connectivity index is 1.89. The number of carbonyl (C=O) groups excluding carboxylic acids is 2. The molecular formula is C20H22N2O5S. The summed E-state index contributed by atoms with van der Waals surface area (Å²) in [5, 5.41) is 13.8. The lowest BCUT2D eigenvalue weighted by molar-refractivity contribution is -0.387. The van der Waals surface area contributed by atoms with E-state index < -0.39 is 23.4 Å². The first kappa shape index (κ1) is 21.4. The predicted octanol–water partition coefficient (Wildman–Crippen LogP) is 4.30.